The molecule has 1 aliphatic rings. The second kappa shape index (κ2) is 7.42. The smallest absolute Gasteiger partial charge is 0.265 e. The lowest BCUT2D eigenvalue weighted by Crippen LogP contribution is -2.26. The van der Waals surface area contributed by atoms with Gasteiger partial charge in [-0.3, -0.25) is 13.9 Å². The monoisotopic (exact) mass is 427 g/mol. The van der Waals surface area contributed by atoms with Gasteiger partial charge in [0.25, 0.3) is 5.56 Å². The predicted octanol–water partition coefficient (Wildman–Crippen LogP) is 3.47. The highest BCUT2D eigenvalue weighted by atomic mass is 16.5. The van der Waals surface area contributed by atoms with Crippen LogP contribution in [-0.4, -0.2) is 43.9 Å². The summed E-state index contributed by atoms with van der Waals surface area (Å²) in [5.74, 6) is 0.659. The maximum atomic E-state index is 13.6. The molecule has 8 nitrogen and oxygen atoms in total. The fraction of sp³-hybridized carbons (Fsp3) is 0.250. The summed E-state index contributed by atoms with van der Waals surface area (Å²) in [6, 6.07) is 15.3. The minimum Gasteiger partial charge on any atom is -0.495 e. The lowest BCUT2D eigenvalue weighted by atomic mass is 10.2. The number of fused-ring (bicyclic) bond motifs is 4. The van der Waals surface area contributed by atoms with Crippen LogP contribution < -0.4 is 10.3 Å². The lowest BCUT2D eigenvalue weighted by molar-refractivity contribution is 0.0960. The van der Waals surface area contributed by atoms with Gasteiger partial charge in [-0.15, -0.1) is 0 Å². The minimum absolute atomic E-state index is 0.0291. The van der Waals surface area contributed by atoms with Crippen molar-refractivity contribution < 1.29 is 9.47 Å². The molecule has 2 aromatic carbocycles. The molecule has 0 radical (unpaired) electrons. The summed E-state index contributed by atoms with van der Waals surface area (Å²) in [7, 11) is 1.62. The van der Waals surface area contributed by atoms with Gasteiger partial charge in [-0.05, 0) is 37.1 Å². The van der Waals surface area contributed by atoms with Crippen molar-refractivity contribution in [1.82, 2.24) is 24.1 Å². The third kappa shape index (κ3) is 2.87. The number of benzene rings is 2. The van der Waals surface area contributed by atoms with Crippen LogP contribution in [0.15, 0.2) is 59.7 Å². The summed E-state index contributed by atoms with van der Waals surface area (Å²) in [5, 5.41) is 0.449. The number of ether oxygens (including phenoxy) is 2. The third-order valence-electron chi connectivity index (χ3n) is 5.98. The second-order valence-corrected chi connectivity index (χ2v) is 7.93. The van der Waals surface area contributed by atoms with E-state index in [0.717, 1.165) is 36.2 Å². The van der Waals surface area contributed by atoms with Crippen LogP contribution in [0, 0.1) is 0 Å². The summed E-state index contributed by atoms with van der Waals surface area (Å²) in [6.45, 7) is 1.21. The zero-order valence-electron chi connectivity index (χ0n) is 17.6. The maximum Gasteiger partial charge on any atom is 0.265 e. The number of para-hydroxylation sites is 4. The van der Waals surface area contributed by atoms with E-state index >= 15 is 0 Å². The second-order valence-electron chi connectivity index (χ2n) is 7.93. The number of aromatic nitrogens is 5. The van der Waals surface area contributed by atoms with E-state index in [2.05, 4.69) is 0 Å². The molecule has 1 atom stereocenters. The quantitative estimate of drug-likeness (QED) is 0.437. The molecule has 0 unspecified atom stereocenters. The largest absolute Gasteiger partial charge is 0.495 e. The Morgan fingerprint density at radius 1 is 1.06 bits per heavy atom. The number of methoxy groups -OCH3 is 1. The average molecular weight is 427 g/mol. The van der Waals surface area contributed by atoms with Crippen molar-refractivity contribution in [2.45, 2.75) is 25.5 Å². The van der Waals surface area contributed by atoms with Crippen molar-refractivity contribution in [3.8, 4) is 11.4 Å². The average Bonchev–Trinajstić information content (AvgIpc) is 3.45. The Morgan fingerprint density at radius 2 is 1.84 bits per heavy atom. The Balaban J connectivity index is 1.70. The van der Waals surface area contributed by atoms with E-state index < -0.39 is 0 Å². The fourth-order valence-corrected chi connectivity index (χ4v) is 4.45. The summed E-state index contributed by atoms with van der Waals surface area (Å²) < 4.78 is 14.8. The summed E-state index contributed by atoms with van der Waals surface area (Å²) in [6.07, 6.45) is 3.58. The van der Waals surface area contributed by atoms with Crippen molar-refractivity contribution >= 4 is 33.2 Å². The van der Waals surface area contributed by atoms with Gasteiger partial charge in [0, 0.05) is 6.61 Å². The van der Waals surface area contributed by atoms with Crippen molar-refractivity contribution in [1.29, 1.82) is 0 Å². The number of rotatable bonds is 4. The first-order valence-corrected chi connectivity index (χ1v) is 10.7. The molecule has 0 saturated carbocycles. The van der Waals surface area contributed by atoms with Crippen molar-refractivity contribution in [3.63, 3.8) is 0 Å². The SMILES string of the molecule is COc1ccccc1-n1c2nc3ccccc3nc2c2c(=O)n(C[C@@H]3CCCO3)cnc21. The summed E-state index contributed by atoms with van der Waals surface area (Å²) >= 11 is 0. The molecular formula is C24H21N5O3. The normalized spacial score (nSPS) is 16.3. The van der Waals surface area contributed by atoms with E-state index in [1.165, 1.54) is 0 Å². The molecule has 0 aliphatic carbocycles. The van der Waals surface area contributed by atoms with Gasteiger partial charge in [0.05, 0.1) is 36.5 Å². The van der Waals surface area contributed by atoms with E-state index in [0.29, 0.717) is 34.5 Å². The fourth-order valence-electron chi connectivity index (χ4n) is 4.45. The molecule has 1 saturated heterocycles. The highest BCUT2D eigenvalue weighted by Gasteiger charge is 2.24. The van der Waals surface area contributed by atoms with Gasteiger partial charge in [-0.25, -0.2) is 15.0 Å². The molecule has 8 heteroatoms. The first kappa shape index (κ1) is 18.9. The molecular weight excluding hydrogens is 406 g/mol. The molecule has 32 heavy (non-hydrogen) atoms. The van der Waals surface area contributed by atoms with Crippen LogP contribution in [0.5, 0.6) is 5.75 Å². The standard InChI is InChI=1S/C24H21N5O3/c1-31-19-11-5-4-10-18(19)29-22-20(21-23(29)27-17-9-3-2-8-16(17)26-21)24(30)28(14-25-22)13-15-7-6-12-32-15/h2-5,8-11,14-15H,6-7,12-13H2,1H3/t15-/m0/s1. The Kier molecular flexibility index (Phi) is 4.39. The van der Waals surface area contributed by atoms with E-state index in [-0.39, 0.29) is 11.7 Å². The Labute approximate surface area is 183 Å². The molecule has 4 heterocycles. The zero-order chi connectivity index (χ0) is 21.7. The molecule has 5 aromatic rings. The van der Waals surface area contributed by atoms with Crippen LogP contribution in [0.4, 0.5) is 0 Å². The van der Waals surface area contributed by atoms with Crippen LogP contribution in [0.2, 0.25) is 0 Å². The number of hydrogen-bond donors (Lipinski definition) is 0. The van der Waals surface area contributed by atoms with Crippen LogP contribution in [-0.2, 0) is 11.3 Å². The Bertz CT molecular complexity index is 1530. The third-order valence-corrected chi connectivity index (χ3v) is 5.98. The van der Waals surface area contributed by atoms with Gasteiger partial charge in [0.1, 0.15) is 23.0 Å². The van der Waals surface area contributed by atoms with E-state index in [1.807, 2.05) is 53.1 Å². The van der Waals surface area contributed by atoms with E-state index in [4.69, 9.17) is 24.4 Å². The van der Waals surface area contributed by atoms with Gasteiger partial charge in [-0.2, -0.15) is 0 Å². The van der Waals surface area contributed by atoms with Crippen LogP contribution in [0.25, 0.3) is 38.9 Å². The zero-order valence-corrected chi connectivity index (χ0v) is 17.6. The lowest BCUT2D eigenvalue weighted by Gasteiger charge is -2.12. The van der Waals surface area contributed by atoms with E-state index in [9.17, 15) is 4.79 Å². The van der Waals surface area contributed by atoms with Gasteiger partial charge < -0.3 is 9.47 Å². The minimum atomic E-state index is -0.145. The highest BCUT2D eigenvalue weighted by molar-refractivity contribution is 6.06. The number of hydrogen-bond acceptors (Lipinski definition) is 6. The molecule has 160 valence electrons. The summed E-state index contributed by atoms with van der Waals surface area (Å²) in [5.41, 5.74) is 3.70. The predicted molar refractivity (Wildman–Crippen MR) is 121 cm³/mol. The van der Waals surface area contributed by atoms with E-state index in [1.54, 1.807) is 18.0 Å². The molecule has 0 N–H and O–H groups in total. The van der Waals surface area contributed by atoms with Gasteiger partial charge in [-0.1, -0.05) is 24.3 Å². The first-order chi connectivity index (χ1) is 15.7. The molecule has 0 amide bonds. The van der Waals surface area contributed by atoms with Gasteiger partial charge in [0.15, 0.2) is 11.3 Å². The Hall–Kier alpha value is -3.78. The van der Waals surface area contributed by atoms with Crippen molar-refractivity contribution in [2.75, 3.05) is 13.7 Å². The molecule has 0 bridgehead atoms. The van der Waals surface area contributed by atoms with Gasteiger partial charge >= 0.3 is 0 Å². The Morgan fingerprint density at radius 3 is 2.62 bits per heavy atom. The maximum absolute atomic E-state index is 13.6. The molecule has 6 rings (SSSR count). The van der Waals surface area contributed by atoms with Gasteiger partial charge in [0.2, 0.25) is 0 Å². The van der Waals surface area contributed by atoms with Crippen LogP contribution in [0.3, 0.4) is 0 Å². The van der Waals surface area contributed by atoms with Crippen LogP contribution in [0.1, 0.15) is 12.8 Å². The van der Waals surface area contributed by atoms with Crippen LogP contribution >= 0.6 is 0 Å². The molecule has 0 spiro atoms. The molecule has 1 aliphatic heterocycles. The first-order valence-electron chi connectivity index (χ1n) is 10.7. The topological polar surface area (TPSA) is 84.1 Å². The molecule has 3 aromatic heterocycles. The molecule has 1 fully saturated rings. The van der Waals surface area contributed by atoms with Crippen molar-refractivity contribution in [3.05, 3.63) is 65.2 Å². The number of nitrogens with zero attached hydrogens (tertiary/aromatic N) is 5. The van der Waals surface area contributed by atoms with Crippen molar-refractivity contribution in [2.24, 2.45) is 0 Å². The highest BCUT2D eigenvalue weighted by Crippen LogP contribution is 2.32. The summed E-state index contributed by atoms with van der Waals surface area (Å²) in [4.78, 5) is 28.0.